The molecule has 1 aliphatic heterocycles. The lowest BCUT2D eigenvalue weighted by molar-refractivity contribution is -0.386. The average molecular weight is 376 g/mol. The Morgan fingerprint density at radius 1 is 1.45 bits per heavy atom. The maximum atomic E-state index is 11.7. The molecule has 0 N–H and O–H groups in total. The third kappa shape index (κ3) is 3.59. The Morgan fingerprint density at radius 2 is 2.14 bits per heavy atom. The van der Waals surface area contributed by atoms with E-state index < -0.39 is 17.0 Å². The number of nitrogens with zero attached hydrogens (tertiary/aromatic N) is 1. The first-order valence-electron chi connectivity index (χ1n) is 6.45. The first-order valence-corrected chi connectivity index (χ1v) is 7.57. The molecule has 9 heteroatoms. The molecule has 0 aromatic heterocycles. The summed E-state index contributed by atoms with van der Waals surface area (Å²) in [5, 5.41) is 11.8. The zero-order chi connectivity index (χ0) is 16.1. The summed E-state index contributed by atoms with van der Waals surface area (Å²) in [4.78, 5) is 22.3. The van der Waals surface area contributed by atoms with Crippen molar-refractivity contribution in [2.75, 3.05) is 19.2 Å². The van der Waals surface area contributed by atoms with Crippen molar-refractivity contribution in [3.05, 3.63) is 22.2 Å². The molecule has 8 nitrogen and oxygen atoms in total. The lowest BCUT2D eigenvalue weighted by Crippen LogP contribution is -2.29. The molecule has 0 radical (unpaired) electrons. The number of ether oxygens (including phenoxy) is 4. The zero-order valence-corrected chi connectivity index (χ0v) is 13.3. The number of rotatable bonds is 7. The van der Waals surface area contributed by atoms with Gasteiger partial charge in [0.05, 0.1) is 18.1 Å². The molecule has 1 unspecified atom stereocenters. The van der Waals surface area contributed by atoms with Gasteiger partial charge in [-0.3, -0.25) is 10.1 Å². The number of alkyl halides is 1. The van der Waals surface area contributed by atoms with Crippen molar-refractivity contribution >= 4 is 27.6 Å². The highest BCUT2D eigenvalue weighted by atomic mass is 79.9. The number of benzene rings is 1. The van der Waals surface area contributed by atoms with Crippen molar-refractivity contribution in [3.8, 4) is 17.2 Å². The number of esters is 1. The van der Waals surface area contributed by atoms with Crippen LogP contribution in [0.2, 0.25) is 0 Å². The van der Waals surface area contributed by atoms with E-state index in [1.165, 1.54) is 19.2 Å². The van der Waals surface area contributed by atoms with Gasteiger partial charge in [-0.25, -0.2) is 4.79 Å². The molecule has 1 heterocycles. The predicted molar refractivity (Wildman–Crippen MR) is 78.7 cm³/mol. The zero-order valence-electron chi connectivity index (χ0n) is 11.7. The highest BCUT2D eigenvalue weighted by Crippen LogP contribution is 2.42. The van der Waals surface area contributed by atoms with E-state index in [4.69, 9.17) is 14.2 Å². The van der Waals surface area contributed by atoms with Gasteiger partial charge in [-0.05, 0) is 12.8 Å². The summed E-state index contributed by atoms with van der Waals surface area (Å²) >= 11 is 3.26. The van der Waals surface area contributed by atoms with Crippen molar-refractivity contribution in [2.45, 2.75) is 18.9 Å². The Morgan fingerprint density at radius 3 is 2.73 bits per heavy atom. The van der Waals surface area contributed by atoms with E-state index in [0.29, 0.717) is 23.9 Å². The molecule has 0 amide bonds. The van der Waals surface area contributed by atoms with Gasteiger partial charge in [0.2, 0.25) is 12.5 Å². The Hall–Kier alpha value is -2.03. The van der Waals surface area contributed by atoms with Gasteiger partial charge in [-0.1, -0.05) is 15.9 Å². The Kier molecular flexibility index (Phi) is 5.42. The molecular formula is C13H14BrNO7. The molecule has 120 valence electrons. The minimum Gasteiger partial charge on any atom is -0.471 e. The lowest BCUT2D eigenvalue weighted by atomic mass is 10.2. The number of hydrogen-bond donors (Lipinski definition) is 0. The molecule has 0 spiro atoms. The van der Waals surface area contributed by atoms with Crippen LogP contribution in [-0.4, -0.2) is 36.2 Å². The van der Waals surface area contributed by atoms with E-state index in [2.05, 4.69) is 20.7 Å². The number of fused-ring (bicyclic) bond motifs is 1. The molecule has 0 saturated carbocycles. The molecule has 22 heavy (non-hydrogen) atoms. The molecule has 1 atom stereocenters. The second-order valence-electron chi connectivity index (χ2n) is 4.39. The fourth-order valence-electron chi connectivity index (χ4n) is 1.92. The van der Waals surface area contributed by atoms with E-state index >= 15 is 0 Å². The molecule has 0 fully saturated rings. The van der Waals surface area contributed by atoms with Crippen molar-refractivity contribution in [1.29, 1.82) is 0 Å². The third-order valence-corrected chi connectivity index (χ3v) is 3.54. The van der Waals surface area contributed by atoms with Gasteiger partial charge in [0, 0.05) is 11.4 Å². The molecule has 1 aromatic rings. The largest absolute Gasteiger partial charge is 0.471 e. The molecule has 1 aliphatic rings. The van der Waals surface area contributed by atoms with Crippen LogP contribution in [0.5, 0.6) is 17.2 Å². The van der Waals surface area contributed by atoms with Gasteiger partial charge in [0.15, 0.2) is 17.6 Å². The number of nitro groups is 1. The highest BCUT2D eigenvalue weighted by molar-refractivity contribution is 9.09. The van der Waals surface area contributed by atoms with Gasteiger partial charge in [0.1, 0.15) is 0 Å². The molecule has 0 aliphatic carbocycles. The van der Waals surface area contributed by atoms with Gasteiger partial charge in [-0.15, -0.1) is 0 Å². The van der Waals surface area contributed by atoms with Gasteiger partial charge in [0.25, 0.3) is 0 Å². The molecule has 1 aromatic carbocycles. The molecule has 0 bridgehead atoms. The van der Waals surface area contributed by atoms with Gasteiger partial charge >= 0.3 is 11.7 Å². The van der Waals surface area contributed by atoms with Crippen molar-refractivity contribution in [1.82, 2.24) is 0 Å². The fraction of sp³-hybridized carbons (Fsp3) is 0.462. The molecule has 0 saturated heterocycles. The van der Waals surface area contributed by atoms with E-state index in [9.17, 15) is 14.9 Å². The average Bonchev–Trinajstić information content (AvgIpc) is 2.96. The van der Waals surface area contributed by atoms with Crippen LogP contribution in [0.3, 0.4) is 0 Å². The standard InChI is InChI=1S/C13H14BrNO7/c1-19-13(16)9(3-2-4-14)22-10-6-12-11(20-7-21-12)5-8(10)15(17)18/h5-6,9H,2-4,7H2,1H3. The minimum atomic E-state index is -0.929. The Labute approximate surface area is 134 Å². The summed E-state index contributed by atoms with van der Waals surface area (Å²) in [6, 6.07) is 2.57. The summed E-state index contributed by atoms with van der Waals surface area (Å²) in [6.07, 6.45) is 0.0865. The minimum absolute atomic E-state index is 0.0139. The molecular weight excluding hydrogens is 362 g/mol. The second kappa shape index (κ2) is 7.30. The monoisotopic (exact) mass is 375 g/mol. The summed E-state index contributed by atoms with van der Waals surface area (Å²) in [5.41, 5.74) is -0.294. The van der Waals surface area contributed by atoms with Crippen molar-refractivity contribution in [2.24, 2.45) is 0 Å². The number of hydrogen-bond acceptors (Lipinski definition) is 7. The number of carbonyl (C=O) groups excluding carboxylic acids is 1. The van der Waals surface area contributed by atoms with Gasteiger partial charge < -0.3 is 18.9 Å². The summed E-state index contributed by atoms with van der Waals surface area (Å²) in [7, 11) is 1.24. The SMILES string of the molecule is COC(=O)C(CCCBr)Oc1cc2c(cc1[N+](=O)[O-])OCO2. The lowest BCUT2D eigenvalue weighted by Gasteiger charge is -2.16. The number of carbonyl (C=O) groups is 1. The topological polar surface area (TPSA) is 97.1 Å². The van der Waals surface area contributed by atoms with Crippen LogP contribution in [0, 0.1) is 10.1 Å². The quantitative estimate of drug-likeness (QED) is 0.312. The van der Waals surface area contributed by atoms with Crippen LogP contribution in [0.15, 0.2) is 12.1 Å². The van der Waals surface area contributed by atoms with Crippen LogP contribution < -0.4 is 14.2 Å². The number of nitro benzene ring substituents is 1. The van der Waals surface area contributed by atoms with E-state index in [1.54, 1.807) is 0 Å². The van der Waals surface area contributed by atoms with E-state index in [0.717, 1.165) is 0 Å². The smallest absolute Gasteiger partial charge is 0.347 e. The molecule has 2 rings (SSSR count). The summed E-state index contributed by atoms with van der Waals surface area (Å²) < 4.78 is 20.5. The number of halogens is 1. The fourth-order valence-corrected chi connectivity index (χ4v) is 2.25. The van der Waals surface area contributed by atoms with Crippen LogP contribution in [0.1, 0.15) is 12.8 Å². The van der Waals surface area contributed by atoms with Crippen LogP contribution in [-0.2, 0) is 9.53 Å². The summed E-state index contributed by atoms with van der Waals surface area (Å²) in [5.74, 6) is -0.0361. The van der Waals surface area contributed by atoms with Crippen LogP contribution >= 0.6 is 15.9 Å². The van der Waals surface area contributed by atoms with Crippen molar-refractivity contribution < 1.29 is 28.7 Å². The van der Waals surface area contributed by atoms with E-state index in [-0.39, 0.29) is 24.0 Å². The van der Waals surface area contributed by atoms with E-state index in [1.807, 2.05) is 0 Å². The van der Waals surface area contributed by atoms with Crippen LogP contribution in [0.4, 0.5) is 5.69 Å². The normalized spacial score (nSPS) is 13.5. The predicted octanol–water partition coefficient (Wildman–Crippen LogP) is 2.42. The Bertz CT molecular complexity index is 578. The number of methoxy groups -OCH3 is 1. The highest BCUT2D eigenvalue weighted by Gasteiger charge is 2.29. The first kappa shape index (κ1) is 16.3. The van der Waals surface area contributed by atoms with Gasteiger partial charge in [-0.2, -0.15) is 0 Å². The maximum Gasteiger partial charge on any atom is 0.347 e. The summed E-state index contributed by atoms with van der Waals surface area (Å²) in [6.45, 7) is -0.0139. The Balaban J connectivity index is 2.29. The van der Waals surface area contributed by atoms with Crippen LogP contribution in [0.25, 0.3) is 0 Å². The third-order valence-electron chi connectivity index (χ3n) is 2.98. The first-order chi connectivity index (χ1) is 10.6. The maximum absolute atomic E-state index is 11.7. The van der Waals surface area contributed by atoms with Crippen molar-refractivity contribution in [3.63, 3.8) is 0 Å². The second-order valence-corrected chi connectivity index (χ2v) is 5.18.